The van der Waals surface area contributed by atoms with Gasteiger partial charge in [-0.15, -0.1) is 0 Å². The molecule has 0 aliphatic carbocycles. The predicted octanol–water partition coefficient (Wildman–Crippen LogP) is 5.59. The Kier molecular flexibility index (Phi) is 6.24. The predicted molar refractivity (Wildman–Crippen MR) is 132 cm³/mol. The topological polar surface area (TPSA) is 62.9 Å². The lowest BCUT2D eigenvalue weighted by Gasteiger charge is -2.17. The van der Waals surface area contributed by atoms with Crippen LogP contribution in [0, 0.1) is 18.3 Å². The Balaban J connectivity index is 1.81. The molecule has 1 aromatic heterocycles. The number of fused-ring (bicyclic) bond motifs is 1. The van der Waals surface area contributed by atoms with Gasteiger partial charge in [0.25, 0.3) is 5.56 Å². The molecule has 0 saturated carbocycles. The Hall–Kier alpha value is -3.97. The van der Waals surface area contributed by atoms with Crippen LogP contribution in [-0.2, 0) is 24.2 Å². The molecule has 0 saturated heterocycles. The Morgan fingerprint density at radius 2 is 1.70 bits per heavy atom. The van der Waals surface area contributed by atoms with E-state index in [0.29, 0.717) is 17.7 Å². The first-order valence-electron chi connectivity index (χ1n) is 11.2. The lowest BCUT2D eigenvalue weighted by atomic mass is 9.98. The molecule has 0 radical (unpaired) electrons. The first-order chi connectivity index (χ1) is 15.9. The van der Waals surface area contributed by atoms with Crippen LogP contribution in [0.1, 0.15) is 41.7 Å². The fraction of sp³-hybridized carbons (Fsp3) is 0.207. The maximum Gasteiger partial charge on any atom is 0.255 e. The molecule has 0 spiro atoms. The number of benzene rings is 3. The summed E-state index contributed by atoms with van der Waals surface area (Å²) < 4.78 is 1.79. The van der Waals surface area contributed by atoms with Crippen LogP contribution in [-0.4, -0.2) is 10.4 Å². The van der Waals surface area contributed by atoms with E-state index in [0.717, 1.165) is 45.1 Å². The molecule has 1 heterocycles. The molecular formula is C29H26N2O2. The lowest BCUT2D eigenvalue weighted by molar-refractivity contribution is -0.116. The van der Waals surface area contributed by atoms with Gasteiger partial charge in [-0.3, -0.25) is 9.59 Å². The highest BCUT2D eigenvalue weighted by molar-refractivity contribution is 5.86. The fourth-order valence-corrected chi connectivity index (χ4v) is 4.35. The first-order valence-corrected chi connectivity index (χ1v) is 11.2. The van der Waals surface area contributed by atoms with Gasteiger partial charge in [-0.1, -0.05) is 61.5 Å². The Morgan fingerprint density at radius 1 is 1.00 bits per heavy atom. The number of carbonyl (C=O) groups excluding carboxylic acids is 1. The maximum absolute atomic E-state index is 13.5. The zero-order valence-electron chi connectivity index (χ0n) is 19.2. The molecule has 3 aromatic carbocycles. The standard InChI is InChI=1S/C29H26N2O2/c1-4-21-11-14-25-20(3)27(15-19(2)32)29(33)31(28(25)16-21)18-22-9-12-23(13-10-22)26-8-6-5-7-24(26)17-30/h5-14,16H,4,15,18H2,1-3H3. The number of ketones is 1. The Bertz CT molecular complexity index is 1450. The average Bonchev–Trinajstić information content (AvgIpc) is 2.84. The zero-order valence-corrected chi connectivity index (χ0v) is 19.2. The number of nitrogens with zero attached hydrogens (tertiary/aromatic N) is 2. The van der Waals surface area contributed by atoms with Crippen molar-refractivity contribution >= 4 is 16.7 Å². The van der Waals surface area contributed by atoms with Gasteiger partial charge in [0.15, 0.2) is 0 Å². The molecule has 0 bridgehead atoms. The minimum absolute atomic E-state index is 0.0215. The minimum Gasteiger partial charge on any atom is -0.304 e. The molecule has 4 rings (SSSR count). The van der Waals surface area contributed by atoms with E-state index in [4.69, 9.17) is 0 Å². The second-order valence-electron chi connectivity index (χ2n) is 8.43. The van der Waals surface area contributed by atoms with Gasteiger partial charge in [-0.05, 0) is 60.2 Å². The number of nitriles is 1. The quantitative estimate of drug-likeness (QED) is 0.397. The SMILES string of the molecule is CCc1ccc2c(C)c(CC(C)=O)c(=O)n(Cc3ccc(-c4ccccc4C#N)cc3)c2c1. The molecule has 0 N–H and O–H groups in total. The van der Waals surface area contributed by atoms with Gasteiger partial charge < -0.3 is 4.57 Å². The summed E-state index contributed by atoms with van der Waals surface area (Å²) in [5.74, 6) is -0.0215. The third-order valence-electron chi connectivity index (χ3n) is 6.20. The van der Waals surface area contributed by atoms with Gasteiger partial charge in [0, 0.05) is 17.4 Å². The number of carbonyl (C=O) groups is 1. The van der Waals surface area contributed by atoms with E-state index in [-0.39, 0.29) is 17.8 Å². The molecule has 4 aromatic rings. The largest absolute Gasteiger partial charge is 0.304 e. The second-order valence-corrected chi connectivity index (χ2v) is 8.43. The minimum atomic E-state index is -0.109. The maximum atomic E-state index is 13.5. The molecule has 0 aliphatic heterocycles. The van der Waals surface area contributed by atoms with Crippen LogP contribution in [0.3, 0.4) is 0 Å². The molecule has 33 heavy (non-hydrogen) atoms. The molecule has 4 nitrogen and oxygen atoms in total. The average molecular weight is 435 g/mol. The van der Waals surface area contributed by atoms with E-state index in [1.54, 1.807) is 4.57 Å². The third kappa shape index (κ3) is 4.36. The molecule has 0 atom stereocenters. The number of aromatic nitrogens is 1. The van der Waals surface area contributed by atoms with Crippen LogP contribution in [0.5, 0.6) is 0 Å². The van der Waals surface area contributed by atoms with Crippen molar-refractivity contribution in [3.05, 3.63) is 105 Å². The van der Waals surface area contributed by atoms with Gasteiger partial charge in [0.2, 0.25) is 0 Å². The summed E-state index contributed by atoms with van der Waals surface area (Å²) in [6.07, 6.45) is 1.02. The number of rotatable bonds is 6. The molecular weight excluding hydrogens is 408 g/mol. The molecule has 164 valence electrons. The highest BCUT2D eigenvalue weighted by Crippen LogP contribution is 2.25. The third-order valence-corrected chi connectivity index (χ3v) is 6.20. The van der Waals surface area contributed by atoms with Crippen molar-refractivity contribution in [3.8, 4) is 17.2 Å². The van der Waals surface area contributed by atoms with Crippen LogP contribution < -0.4 is 5.56 Å². The van der Waals surface area contributed by atoms with Crippen molar-refractivity contribution in [2.24, 2.45) is 0 Å². The Morgan fingerprint density at radius 3 is 2.36 bits per heavy atom. The molecule has 0 fully saturated rings. The normalized spacial score (nSPS) is 10.8. The molecule has 0 amide bonds. The van der Waals surface area contributed by atoms with Gasteiger partial charge in [0.1, 0.15) is 5.78 Å². The molecule has 4 heteroatoms. The summed E-state index contributed by atoms with van der Waals surface area (Å²) in [7, 11) is 0. The van der Waals surface area contributed by atoms with Crippen LogP contribution in [0.15, 0.2) is 71.5 Å². The summed E-state index contributed by atoms with van der Waals surface area (Å²) in [5, 5.41) is 10.4. The lowest BCUT2D eigenvalue weighted by Crippen LogP contribution is -2.27. The number of pyridine rings is 1. The first kappa shape index (κ1) is 22.2. The number of hydrogen-bond acceptors (Lipinski definition) is 3. The summed E-state index contributed by atoms with van der Waals surface area (Å²) >= 11 is 0. The van der Waals surface area contributed by atoms with E-state index < -0.39 is 0 Å². The Labute approximate surface area is 193 Å². The van der Waals surface area contributed by atoms with Crippen molar-refractivity contribution in [3.63, 3.8) is 0 Å². The smallest absolute Gasteiger partial charge is 0.255 e. The van der Waals surface area contributed by atoms with Gasteiger partial charge in [0.05, 0.1) is 23.7 Å². The zero-order chi connectivity index (χ0) is 23.5. The number of aryl methyl sites for hydroxylation is 2. The van der Waals surface area contributed by atoms with Crippen LogP contribution in [0.4, 0.5) is 0 Å². The molecule has 0 aliphatic rings. The van der Waals surface area contributed by atoms with Crippen molar-refractivity contribution in [1.82, 2.24) is 4.57 Å². The monoisotopic (exact) mass is 434 g/mol. The fourth-order valence-electron chi connectivity index (χ4n) is 4.35. The highest BCUT2D eigenvalue weighted by Gasteiger charge is 2.16. The van der Waals surface area contributed by atoms with Crippen molar-refractivity contribution in [2.45, 2.75) is 40.2 Å². The summed E-state index contributed by atoms with van der Waals surface area (Å²) in [5.41, 5.74) is 6.86. The van der Waals surface area contributed by atoms with Gasteiger partial charge in [-0.2, -0.15) is 5.26 Å². The molecule has 0 unspecified atom stereocenters. The van der Waals surface area contributed by atoms with Crippen LogP contribution in [0.2, 0.25) is 0 Å². The highest BCUT2D eigenvalue weighted by atomic mass is 16.1. The van der Waals surface area contributed by atoms with E-state index in [1.165, 1.54) is 6.92 Å². The summed E-state index contributed by atoms with van der Waals surface area (Å²) in [6.45, 7) is 5.96. The van der Waals surface area contributed by atoms with Gasteiger partial charge >= 0.3 is 0 Å². The van der Waals surface area contributed by atoms with Crippen molar-refractivity contribution in [1.29, 1.82) is 5.26 Å². The van der Waals surface area contributed by atoms with E-state index in [9.17, 15) is 14.9 Å². The number of Topliss-reactive ketones (excluding diaryl/α,β-unsaturated/α-hetero) is 1. The van der Waals surface area contributed by atoms with E-state index in [1.807, 2.05) is 55.5 Å². The van der Waals surface area contributed by atoms with E-state index >= 15 is 0 Å². The number of hydrogen-bond donors (Lipinski definition) is 0. The summed E-state index contributed by atoms with van der Waals surface area (Å²) in [6, 6.07) is 24.0. The van der Waals surface area contributed by atoms with Crippen molar-refractivity contribution < 1.29 is 4.79 Å². The second kappa shape index (κ2) is 9.26. The van der Waals surface area contributed by atoms with Gasteiger partial charge in [-0.25, -0.2) is 0 Å². The van der Waals surface area contributed by atoms with Crippen LogP contribution >= 0.6 is 0 Å². The van der Waals surface area contributed by atoms with Crippen molar-refractivity contribution in [2.75, 3.05) is 0 Å². The van der Waals surface area contributed by atoms with E-state index in [2.05, 4.69) is 31.2 Å². The van der Waals surface area contributed by atoms with Crippen LogP contribution in [0.25, 0.3) is 22.0 Å². The summed E-state index contributed by atoms with van der Waals surface area (Å²) in [4.78, 5) is 25.4.